The Morgan fingerprint density at radius 1 is 1.24 bits per heavy atom. The van der Waals surface area contributed by atoms with Crippen molar-refractivity contribution in [3.05, 3.63) is 17.6 Å². The first-order chi connectivity index (χ1) is 8.42. The first-order valence-corrected chi connectivity index (χ1v) is 6.38. The summed E-state index contributed by atoms with van der Waals surface area (Å²) in [4.78, 5) is 8.77. The lowest BCUT2D eigenvalue weighted by Gasteiger charge is -2.11. The summed E-state index contributed by atoms with van der Waals surface area (Å²) < 4.78 is 0. The van der Waals surface area contributed by atoms with Crippen LogP contribution >= 0.6 is 0 Å². The van der Waals surface area contributed by atoms with Crippen LogP contribution in [0.3, 0.4) is 0 Å². The van der Waals surface area contributed by atoms with Crippen molar-refractivity contribution >= 4 is 5.82 Å². The molecule has 1 aromatic heterocycles. The molecule has 0 atom stereocenters. The molecule has 0 aromatic carbocycles. The van der Waals surface area contributed by atoms with Crippen molar-refractivity contribution in [3.8, 4) is 11.8 Å². The van der Waals surface area contributed by atoms with Gasteiger partial charge < -0.3 is 5.32 Å². The Hall–Kier alpha value is -1.56. The van der Waals surface area contributed by atoms with Gasteiger partial charge in [0.25, 0.3) is 0 Å². The largest absolute Gasteiger partial charge is 0.369 e. The van der Waals surface area contributed by atoms with Crippen LogP contribution in [0, 0.1) is 11.8 Å². The van der Waals surface area contributed by atoms with E-state index in [-0.39, 0.29) is 0 Å². The summed E-state index contributed by atoms with van der Waals surface area (Å²) in [6.45, 7) is 2.74. The van der Waals surface area contributed by atoms with Crippen molar-refractivity contribution in [2.45, 2.75) is 45.4 Å². The van der Waals surface area contributed by atoms with Gasteiger partial charge in [-0.3, -0.25) is 0 Å². The van der Waals surface area contributed by atoms with Crippen LogP contribution < -0.4 is 5.32 Å². The lowest BCUT2D eigenvalue weighted by atomic mass is 10.1. The van der Waals surface area contributed by atoms with E-state index in [0.29, 0.717) is 0 Å². The fourth-order valence-corrected chi connectivity index (χ4v) is 2.22. The van der Waals surface area contributed by atoms with Crippen molar-refractivity contribution < 1.29 is 0 Å². The molecule has 17 heavy (non-hydrogen) atoms. The van der Waals surface area contributed by atoms with Crippen LogP contribution in [0.4, 0.5) is 5.82 Å². The molecule has 1 N–H and O–H groups in total. The minimum Gasteiger partial charge on any atom is -0.369 e. The molecule has 1 heterocycles. The third kappa shape index (κ3) is 3.20. The summed E-state index contributed by atoms with van der Waals surface area (Å²) in [5.41, 5.74) is 2.57. The monoisotopic (exact) mass is 229 g/mol. The van der Waals surface area contributed by atoms with Gasteiger partial charge in [0.1, 0.15) is 12.1 Å². The van der Waals surface area contributed by atoms with Gasteiger partial charge in [0.2, 0.25) is 0 Å². The molecular formula is C14H19N3. The summed E-state index contributed by atoms with van der Waals surface area (Å²) in [7, 11) is 0. The summed E-state index contributed by atoms with van der Waals surface area (Å²) >= 11 is 0. The fourth-order valence-electron chi connectivity index (χ4n) is 2.22. The van der Waals surface area contributed by atoms with Gasteiger partial charge >= 0.3 is 0 Å². The first-order valence-electron chi connectivity index (χ1n) is 6.38. The maximum absolute atomic E-state index is 4.41. The van der Waals surface area contributed by atoms with E-state index in [4.69, 9.17) is 0 Å². The molecule has 1 aliphatic rings. The van der Waals surface area contributed by atoms with E-state index in [1.165, 1.54) is 30.5 Å². The summed E-state index contributed by atoms with van der Waals surface area (Å²) in [6.07, 6.45) is 8.57. The minimum absolute atomic E-state index is 0.865. The van der Waals surface area contributed by atoms with E-state index in [2.05, 4.69) is 27.1 Å². The SMILES string of the molecule is CC#CCCNc1ncnc2c1CCCCC2. The Kier molecular flexibility index (Phi) is 4.37. The van der Waals surface area contributed by atoms with Gasteiger partial charge in [-0.1, -0.05) is 6.42 Å². The molecule has 1 aliphatic carbocycles. The van der Waals surface area contributed by atoms with Crippen molar-refractivity contribution in [2.75, 3.05) is 11.9 Å². The predicted molar refractivity (Wildman–Crippen MR) is 69.8 cm³/mol. The summed E-state index contributed by atoms with van der Waals surface area (Å²) in [5.74, 6) is 6.98. The number of hydrogen-bond donors (Lipinski definition) is 1. The van der Waals surface area contributed by atoms with Crippen LogP contribution in [0.1, 0.15) is 43.9 Å². The third-order valence-electron chi connectivity index (χ3n) is 3.09. The highest BCUT2D eigenvalue weighted by molar-refractivity contribution is 5.46. The summed E-state index contributed by atoms with van der Waals surface area (Å²) in [5, 5.41) is 3.38. The smallest absolute Gasteiger partial charge is 0.132 e. The van der Waals surface area contributed by atoms with Crippen LogP contribution in [0.25, 0.3) is 0 Å². The van der Waals surface area contributed by atoms with E-state index in [0.717, 1.165) is 31.6 Å². The van der Waals surface area contributed by atoms with Gasteiger partial charge in [0, 0.05) is 24.2 Å². The normalized spacial score (nSPS) is 14.2. The van der Waals surface area contributed by atoms with Crippen molar-refractivity contribution in [1.82, 2.24) is 9.97 Å². The molecular weight excluding hydrogens is 210 g/mol. The van der Waals surface area contributed by atoms with Gasteiger partial charge in [-0.05, 0) is 32.6 Å². The highest BCUT2D eigenvalue weighted by Gasteiger charge is 2.13. The number of fused-ring (bicyclic) bond motifs is 1. The maximum Gasteiger partial charge on any atom is 0.132 e. The Morgan fingerprint density at radius 3 is 3.00 bits per heavy atom. The van der Waals surface area contributed by atoms with Gasteiger partial charge in [-0.15, -0.1) is 11.8 Å². The van der Waals surface area contributed by atoms with Crippen molar-refractivity contribution in [3.63, 3.8) is 0 Å². The van der Waals surface area contributed by atoms with E-state index in [1.807, 2.05) is 6.92 Å². The molecule has 0 spiro atoms. The fraction of sp³-hybridized carbons (Fsp3) is 0.571. The topological polar surface area (TPSA) is 37.8 Å². The second-order valence-corrected chi connectivity index (χ2v) is 4.31. The third-order valence-corrected chi connectivity index (χ3v) is 3.09. The van der Waals surface area contributed by atoms with Gasteiger partial charge in [-0.2, -0.15) is 0 Å². The van der Waals surface area contributed by atoms with Crippen molar-refractivity contribution in [1.29, 1.82) is 0 Å². The first kappa shape index (κ1) is 11.9. The molecule has 3 nitrogen and oxygen atoms in total. The molecule has 0 fully saturated rings. The number of anilines is 1. The molecule has 0 saturated carbocycles. The predicted octanol–water partition coefficient (Wildman–Crippen LogP) is 2.57. The van der Waals surface area contributed by atoms with Gasteiger partial charge in [0.05, 0.1) is 0 Å². The van der Waals surface area contributed by atoms with Crippen molar-refractivity contribution in [2.24, 2.45) is 0 Å². The zero-order chi connectivity index (χ0) is 11.9. The van der Waals surface area contributed by atoms with E-state index in [9.17, 15) is 0 Å². The molecule has 1 aromatic rings. The molecule has 0 bridgehead atoms. The second kappa shape index (κ2) is 6.24. The quantitative estimate of drug-likeness (QED) is 0.492. The molecule has 0 unspecified atom stereocenters. The highest BCUT2D eigenvalue weighted by atomic mass is 15.0. The number of nitrogens with one attached hydrogen (secondary N) is 1. The second-order valence-electron chi connectivity index (χ2n) is 4.31. The maximum atomic E-state index is 4.41. The van der Waals surface area contributed by atoms with E-state index < -0.39 is 0 Å². The molecule has 90 valence electrons. The lowest BCUT2D eigenvalue weighted by Crippen LogP contribution is -2.08. The van der Waals surface area contributed by atoms with Crippen LogP contribution in [0.15, 0.2) is 6.33 Å². The minimum atomic E-state index is 0.865. The number of rotatable bonds is 3. The highest BCUT2D eigenvalue weighted by Crippen LogP contribution is 2.23. The Bertz CT molecular complexity index is 429. The Morgan fingerprint density at radius 2 is 2.12 bits per heavy atom. The molecule has 0 amide bonds. The van der Waals surface area contributed by atoms with Gasteiger partial charge in [0.15, 0.2) is 0 Å². The van der Waals surface area contributed by atoms with Gasteiger partial charge in [-0.25, -0.2) is 9.97 Å². The molecule has 3 heteroatoms. The van der Waals surface area contributed by atoms with Crippen LogP contribution in [0.2, 0.25) is 0 Å². The van der Waals surface area contributed by atoms with Crippen LogP contribution in [0.5, 0.6) is 0 Å². The number of aryl methyl sites for hydroxylation is 1. The molecule has 0 aliphatic heterocycles. The standard InChI is InChI=1S/C14H19N3/c1-2-3-7-10-15-14-12-8-5-4-6-9-13(12)16-11-17-14/h11H,4-10H2,1H3,(H,15,16,17). The average molecular weight is 229 g/mol. The molecule has 2 rings (SSSR count). The number of hydrogen-bond acceptors (Lipinski definition) is 3. The number of aromatic nitrogens is 2. The van der Waals surface area contributed by atoms with E-state index in [1.54, 1.807) is 6.33 Å². The van der Waals surface area contributed by atoms with Crippen LogP contribution in [-0.4, -0.2) is 16.5 Å². The molecule has 0 saturated heterocycles. The van der Waals surface area contributed by atoms with Crippen LogP contribution in [-0.2, 0) is 12.8 Å². The Labute approximate surface area is 103 Å². The zero-order valence-electron chi connectivity index (χ0n) is 10.4. The zero-order valence-corrected chi connectivity index (χ0v) is 10.4. The van der Waals surface area contributed by atoms with E-state index >= 15 is 0 Å². The number of nitrogens with zero attached hydrogens (tertiary/aromatic N) is 2. The summed E-state index contributed by atoms with van der Waals surface area (Å²) in [6, 6.07) is 0. The molecule has 0 radical (unpaired) electrons. The lowest BCUT2D eigenvalue weighted by molar-refractivity contribution is 0.709. The average Bonchev–Trinajstić information content (AvgIpc) is 2.60. The Balaban J connectivity index is 2.07.